The molecule has 1 aliphatic carbocycles. The Morgan fingerprint density at radius 3 is 2.57 bits per heavy atom. The number of aryl methyl sites for hydroxylation is 2. The molecule has 7 nitrogen and oxygen atoms in total. The Balaban J connectivity index is 1.34. The quantitative estimate of drug-likeness (QED) is 0.418. The topological polar surface area (TPSA) is 63.0 Å². The molecule has 1 atom stereocenters. The number of benzene rings is 2. The van der Waals surface area contributed by atoms with Crippen LogP contribution < -0.4 is 4.90 Å². The predicted octanol–water partition coefficient (Wildman–Crippen LogP) is 4.86. The van der Waals surface area contributed by atoms with Crippen molar-refractivity contribution in [1.29, 1.82) is 0 Å². The maximum Gasteiger partial charge on any atom is 0.173 e. The first-order chi connectivity index (χ1) is 17.2. The van der Waals surface area contributed by atoms with Crippen LogP contribution in [0.15, 0.2) is 54.7 Å². The van der Waals surface area contributed by atoms with E-state index in [-0.39, 0.29) is 6.04 Å². The number of piperazine rings is 1. The zero-order chi connectivity index (χ0) is 23.8. The van der Waals surface area contributed by atoms with E-state index in [0.29, 0.717) is 6.04 Å². The minimum atomic E-state index is 0.0240. The number of aromatic nitrogens is 5. The molecule has 0 amide bonds. The maximum absolute atomic E-state index is 4.63. The molecule has 1 saturated carbocycles. The van der Waals surface area contributed by atoms with Crippen molar-refractivity contribution in [3.63, 3.8) is 0 Å². The molecule has 6 rings (SSSR count). The Bertz CT molecular complexity index is 1320. The summed E-state index contributed by atoms with van der Waals surface area (Å²) in [5.74, 6) is 0.973. The molecular formula is C28H33N7. The molecule has 0 spiro atoms. The van der Waals surface area contributed by atoms with Gasteiger partial charge in [-0.25, -0.2) is 4.68 Å². The zero-order valence-electron chi connectivity index (χ0n) is 20.6. The molecule has 2 fully saturated rings. The summed E-state index contributed by atoms with van der Waals surface area (Å²) in [6.45, 7) is 8.28. The fourth-order valence-electron chi connectivity index (χ4n) is 5.86. The molecule has 0 N–H and O–H groups in total. The summed E-state index contributed by atoms with van der Waals surface area (Å²) in [4.78, 5) is 9.62. The fraction of sp³-hybridized carbons (Fsp3) is 0.429. The van der Waals surface area contributed by atoms with Gasteiger partial charge in [-0.15, -0.1) is 5.10 Å². The van der Waals surface area contributed by atoms with E-state index in [1.807, 2.05) is 12.3 Å². The zero-order valence-corrected chi connectivity index (χ0v) is 20.6. The number of pyridine rings is 1. The lowest BCUT2D eigenvalue weighted by Crippen LogP contribution is -2.48. The second-order valence-corrected chi connectivity index (χ2v) is 10.1. The van der Waals surface area contributed by atoms with Gasteiger partial charge in [0.25, 0.3) is 0 Å². The van der Waals surface area contributed by atoms with Gasteiger partial charge in [0.05, 0.1) is 17.6 Å². The maximum atomic E-state index is 4.63. The summed E-state index contributed by atoms with van der Waals surface area (Å²) in [6, 6.07) is 17.9. The van der Waals surface area contributed by atoms with E-state index in [1.54, 1.807) is 0 Å². The molecule has 0 unspecified atom stereocenters. The third-order valence-electron chi connectivity index (χ3n) is 7.76. The van der Waals surface area contributed by atoms with E-state index in [2.05, 4.69) is 91.3 Å². The molecule has 1 saturated heterocycles. The normalized spacial score (nSPS) is 18.4. The molecule has 4 aromatic rings. The monoisotopic (exact) mass is 467 g/mol. The van der Waals surface area contributed by atoms with Crippen molar-refractivity contribution >= 4 is 16.6 Å². The molecular weight excluding hydrogens is 434 g/mol. The molecule has 1 aliphatic heterocycles. The highest BCUT2D eigenvalue weighted by molar-refractivity contribution is 5.79. The summed E-state index contributed by atoms with van der Waals surface area (Å²) in [7, 11) is 0. The van der Waals surface area contributed by atoms with Crippen molar-refractivity contribution in [1.82, 2.24) is 30.1 Å². The van der Waals surface area contributed by atoms with Gasteiger partial charge in [-0.3, -0.25) is 9.88 Å². The van der Waals surface area contributed by atoms with Gasteiger partial charge in [0, 0.05) is 43.4 Å². The van der Waals surface area contributed by atoms with Gasteiger partial charge in [0.2, 0.25) is 0 Å². The van der Waals surface area contributed by atoms with Crippen LogP contribution in [-0.4, -0.2) is 56.3 Å². The first-order valence-corrected chi connectivity index (χ1v) is 12.9. The Morgan fingerprint density at radius 2 is 1.74 bits per heavy atom. The lowest BCUT2D eigenvalue weighted by atomic mass is 10.00. The van der Waals surface area contributed by atoms with Gasteiger partial charge in [0.1, 0.15) is 0 Å². The summed E-state index contributed by atoms with van der Waals surface area (Å²) in [6.07, 6.45) is 6.68. The van der Waals surface area contributed by atoms with Gasteiger partial charge >= 0.3 is 0 Å². The predicted molar refractivity (Wildman–Crippen MR) is 139 cm³/mol. The molecule has 2 aliphatic rings. The Labute approximate surface area is 206 Å². The summed E-state index contributed by atoms with van der Waals surface area (Å²) < 4.78 is 2.13. The van der Waals surface area contributed by atoms with Gasteiger partial charge in [-0.2, -0.15) is 0 Å². The molecule has 2 aromatic carbocycles. The largest absolute Gasteiger partial charge is 0.369 e. The summed E-state index contributed by atoms with van der Waals surface area (Å²) in [5, 5.41) is 14.4. The average molecular weight is 468 g/mol. The number of rotatable bonds is 5. The van der Waals surface area contributed by atoms with Crippen LogP contribution in [0.3, 0.4) is 0 Å². The minimum Gasteiger partial charge on any atom is -0.369 e. The van der Waals surface area contributed by atoms with Gasteiger partial charge in [0.15, 0.2) is 5.82 Å². The first-order valence-electron chi connectivity index (χ1n) is 12.9. The van der Waals surface area contributed by atoms with E-state index in [0.717, 1.165) is 55.7 Å². The van der Waals surface area contributed by atoms with Crippen LogP contribution in [0.5, 0.6) is 0 Å². The van der Waals surface area contributed by atoms with Crippen molar-refractivity contribution in [3.8, 4) is 0 Å². The highest BCUT2D eigenvalue weighted by Gasteiger charge is 2.33. The van der Waals surface area contributed by atoms with Crippen LogP contribution >= 0.6 is 0 Å². The van der Waals surface area contributed by atoms with Crippen molar-refractivity contribution < 1.29 is 0 Å². The van der Waals surface area contributed by atoms with Gasteiger partial charge in [-0.1, -0.05) is 37.1 Å². The molecule has 3 heterocycles. The van der Waals surface area contributed by atoms with E-state index >= 15 is 0 Å². The van der Waals surface area contributed by atoms with Crippen LogP contribution in [0.2, 0.25) is 0 Å². The molecule has 0 radical (unpaired) electrons. The lowest BCUT2D eigenvalue weighted by molar-refractivity contribution is 0.198. The van der Waals surface area contributed by atoms with Crippen molar-refractivity contribution in [3.05, 3.63) is 77.2 Å². The van der Waals surface area contributed by atoms with Crippen LogP contribution in [0.4, 0.5) is 5.69 Å². The highest BCUT2D eigenvalue weighted by Crippen LogP contribution is 2.35. The Morgan fingerprint density at radius 1 is 0.914 bits per heavy atom. The van der Waals surface area contributed by atoms with Crippen molar-refractivity contribution in [2.75, 3.05) is 31.1 Å². The second-order valence-electron chi connectivity index (χ2n) is 10.1. The summed E-state index contributed by atoms with van der Waals surface area (Å²) in [5.41, 5.74) is 6.26. The van der Waals surface area contributed by atoms with Crippen LogP contribution in [0.25, 0.3) is 10.9 Å². The Hall–Kier alpha value is -3.32. The molecule has 2 aromatic heterocycles. The highest BCUT2D eigenvalue weighted by atomic mass is 15.6. The smallest absolute Gasteiger partial charge is 0.173 e. The SMILES string of the molecule is Cc1ccc(C)c(N2CCN([C@@H](c3ccc4ncccc4c3)c3nnnn3C3CCCC3)CC2)c1. The molecule has 0 bridgehead atoms. The first kappa shape index (κ1) is 22.2. The standard InChI is InChI=1S/C28H33N7/c1-20-9-10-21(2)26(18-20)33-14-16-34(17-15-33)27(23-11-12-25-22(19-23)6-5-13-29-25)28-30-31-32-35(28)24-7-3-4-8-24/h5-6,9-13,18-19,24,27H,3-4,7-8,14-17H2,1-2H3/t27-/m0/s1. The van der Waals surface area contributed by atoms with Crippen LogP contribution in [0.1, 0.15) is 60.3 Å². The minimum absolute atomic E-state index is 0.0240. The number of fused-ring (bicyclic) bond motifs is 1. The van der Waals surface area contributed by atoms with E-state index in [4.69, 9.17) is 0 Å². The molecule has 7 heteroatoms. The van der Waals surface area contributed by atoms with Gasteiger partial charge < -0.3 is 4.90 Å². The number of anilines is 1. The third-order valence-corrected chi connectivity index (χ3v) is 7.76. The van der Waals surface area contributed by atoms with Crippen molar-refractivity contribution in [2.45, 2.75) is 51.6 Å². The fourth-order valence-corrected chi connectivity index (χ4v) is 5.86. The van der Waals surface area contributed by atoms with Crippen molar-refractivity contribution in [2.24, 2.45) is 0 Å². The number of tetrazole rings is 1. The number of nitrogens with zero attached hydrogens (tertiary/aromatic N) is 7. The summed E-state index contributed by atoms with van der Waals surface area (Å²) >= 11 is 0. The lowest BCUT2D eigenvalue weighted by Gasteiger charge is -2.40. The van der Waals surface area contributed by atoms with Crippen LogP contribution in [-0.2, 0) is 0 Å². The third kappa shape index (κ3) is 4.29. The second kappa shape index (κ2) is 9.38. The Kier molecular flexibility index (Phi) is 5.94. The van der Waals surface area contributed by atoms with Gasteiger partial charge in [-0.05, 0) is 78.1 Å². The molecule has 180 valence electrons. The van der Waals surface area contributed by atoms with E-state index in [1.165, 1.54) is 35.2 Å². The van der Waals surface area contributed by atoms with E-state index < -0.39 is 0 Å². The average Bonchev–Trinajstić information content (AvgIpc) is 3.59. The van der Waals surface area contributed by atoms with Crippen LogP contribution in [0, 0.1) is 13.8 Å². The van der Waals surface area contributed by atoms with E-state index in [9.17, 15) is 0 Å². The number of hydrogen-bond donors (Lipinski definition) is 0. The number of hydrogen-bond acceptors (Lipinski definition) is 6. The molecule has 35 heavy (non-hydrogen) atoms.